The summed E-state index contributed by atoms with van der Waals surface area (Å²) in [4.78, 5) is 19.6. The third kappa shape index (κ3) is 4.34. The molecule has 34 heavy (non-hydrogen) atoms. The van der Waals surface area contributed by atoms with Gasteiger partial charge in [0.25, 0.3) is 5.91 Å². The Morgan fingerprint density at radius 2 is 1.91 bits per heavy atom. The predicted octanol–water partition coefficient (Wildman–Crippen LogP) is 2.33. The lowest BCUT2D eigenvalue weighted by molar-refractivity contribution is 0.0778. The Balaban J connectivity index is 1.35. The second-order valence-electron chi connectivity index (χ2n) is 9.72. The Labute approximate surface area is 200 Å². The fourth-order valence-electron chi connectivity index (χ4n) is 5.34. The quantitative estimate of drug-likeness (QED) is 0.638. The number of hydrogen-bond acceptors (Lipinski definition) is 7. The average molecular weight is 489 g/mol. The van der Waals surface area contributed by atoms with Crippen molar-refractivity contribution < 1.29 is 22.4 Å². The molecule has 3 heterocycles. The summed E-state index contributed by atoms with van der Waals surface area (Å²) in [6.45, 7) is 6.95. The molecule has 9 nitrogen and oxygen atoms in total. The summed E-state index contributed by atoms with van der Waals surface area (Å²) in [5.41, 5.74) is 1.51. The van der Waals surface area contributed by atoms with Gasteiger partial charge in [0, 0.05) is 19.1 Å². The monoisotopic (exact) mass is 488 g/mol. The van der Waals surface area contributed by atoms with Gasteiger partial charge in [-0.1, -0.05) is 0 Å². The number of nitrogens with zero attached hydrogens (tertiary/aromatic N) is 3. The van der Waals surface area contributed by atoms with Gasteiger partial charge >= 0.3 is 0 Å². The van der Waals surface area contributed by atoms with Gasteiger partial charge in [-0.3, -0.25) is 4.79 Å². The van der Waals surface area contributed by atoms with Gasteiger partial charge in [0.15, 0.2) is 5.69 Å². The average Bonchev–Trinajstić information content (AvgIpc) is 3.36. The summed E-state index contributed by atoms with van der Waals surface area (Å²) >= 11 is 0. The number of nitrogens with one attached hydrogen (secondary N) is 1. The van der Waals surface area contributed by atoms with Gasteiger partial charge in [-0.2, -0.15) is 4.31 Å². The fraction of sp³-hybridized carbons (Fsp3) is 0.583. The summed E-state index contributed by atoms with van der Waals surface area (Å²) in [6.07, 6.45) is 4.03. The van der Waals surface area contributed by atoms with Crippen molar-refractivity contribution in [1.82, 2.24) is 19.5 Å². The van der Waals surface area contributed by atoms with Crippen LogP contribution in [-0.2, 0) is 16.6 Å². The number of sulfonamides is 1. The molecule has 0 spiro atoms. The van der Waals surface area contributed by atoms with E-state index in [-0.39, 0.29) is 35.0 Å². The number of aryl methyl sites for hydroxylation is 2. The molecule has 3 aliphatic rings. The van der Waals surface area contributed by atoms with Crippen molar-refractivity contribution in [3.63, 3.8) is 0 Å². The Kier molecular flexibility index (Phi) is 6.16. The lowest BCUT2D eigenvalue weighted by Gasteiger charge is -2.23. The van der Waals surface area contributed by atoms with E-state index in [2.05, 4.69) is 10.3 Å². The van der Waals surface area contributed by atoms with Crippen LogP contribution in [0.3, 0.4) is 0 Å². The number of methoxy groups -OCH3 is 1. The minimum Gasteiger partial charge on any atom is -0.497 e. The molecule has 2 unspecified atom stereocenters. The number of piperidine rings is 1. The van der Waals surface area contributed by atoms with Crippen LogP contribution in [0.25, 0.3) is 0 Å². The second kappa shape index (κ2) is 8.98. The highest BCUT2D eigenvalue weighted by Crippen LogP contribution is 2.36. The van der Waals surface area contributed by atoms with E-state index in [9.17, 15) is 13.2 Å². The van der Waals surface area contributed by atoms with Crippen LogP contribution in [0.2, 0.25) is 0 Å². The maximum Gasteiger partial charge on any atom is 0.275 e. The number of likely N-dealkylation sites (tertiary alicyclic amines) is 1. The molecule has 1 aromatic carbocycles. The van der Waals surface area contributed by atoms with E-state index in [1.54, 1.807) is 33.1 Å². The van der Waals surface area contributed by atoms with Crippen LogP contribution in [0.15, 0.2) is 27.7 Å². The van der Waals surface area contributed by atoms with Gasteiger partial charge in [0.1, 0.15) is 12.0 Å². The van der Waals surface area contributed by atoms with E-state index < -0.39 is 10.0 Å². The van der Waals surface area contributed by atoms with E-state index in [1.807, 2.05) is 4.90 Å². The molecule has 1 aliphatic carbocycles. The third-order valence-corrected chi connectivity index (χ3v) is 9.42. The zero-order chi connectivity index (χ0) is 24.0. The molecule has 2 aliphatic heterocycles. The van der Waals surface area contributed by atoms with Crippen LogP contribution in [0.5, 0.6) is 5.75 Å². The predicted molar refractivity (Wildman–Crippen MR) is 125 cm³/mol. The molecule has 0 radical (unpaired) electrons. The van der Waals surface area contributed by atoms with Gasteiger partial charge in [-0.05, 0) is 81.3 Å². The Morgan fingerprint density at radius 3 is 2.56 bits per heavy atom. The van der Waals surface area contributed by atoms with Crippen LogP contribution in [-0.4, -0.2) is 67.8 Å². The standard InChI is InChI=1S/C24H32N4O5S/c1-15-8-20(32-3)9-16(2)23(15)34(30,31)28(19-4-5-19)13-22-26-21(14-33-22)24(29)27-11-17-6-7-25-10-18(17)12-27/h8-9,14,17-19,25H,4-7,10-13H2,1-3H3. The molecule has 2 atom stereocenters. The summed E-state index contributed by atoms with van der Waals surface area (Å²) in [7, 11) is -2.23. The van der Waals surface area contributed by atoms with Crippen molar-refractivity contribution in [2.45, 2.75) is 50.6 Å². The largest absolute Gasteiger partial charge is 0.497 e. The van der Waals surface area contributed by atoms with Crippen LogP contribution in [0.1, 0.15) is 46.8 Å². The lowest BCUT2D eigenvalue weighted by atomic mass is 9.90. The molecule has 10 heteroatoms. The van der Waals surface area contributed by atoms with E-state index in [0.717, 1.165) is 45.4 Å². The number of benzene rings is 1. The highest BCUT2D eigenvalue weighted by molar-refractivity contribution is 7.89. The Morgan fingerprint density at radius 1 is 1.21 bits per heavy atom. The van der Waals surface area contributed by atoms with Gasteiger partial charge in [-0.25, -0.2) is 13.4 Å². The van der Waals surface area contributed by atoms with Crippen LogP contribution < -0.4 is 10.1 Å². The van der Waals surface area contributed by atoms with E-state index in [1.165, 1.54) is 10.6 Å². The Hall–Kier alpha value is -2.43. The molecular formula is C24H32N4O5S. The molecular weight excluding hydrogens is 456 g/mol. The second-order valence-corrected chi connectivity index (χ2v) is 11.5. The van der Waals surface area contributed by atoms with Crippen LogP contribution in [0.4, 0.5) is 0 Å². The summed E-state index contributed by atoms with van der Waals surface area (Å²) < 4.78 is 39.7. The van der Waals surface area contributed by atoms with Crippen molar-refractivity contribution in [1.29, 1.82) is 0 Å². The molecule has 1 N–H and O–H groups in total. The number of oxazole rings is 1. The SMILES string of the molecule is COc1cc(C)c(S(=O)(=O)N(Cc2nc(C(=O)N3CC4CCNCC4C3)co2)C2CC2)c(C)c1. The maximum absolute atomic E-state index is 13.7. The fourth-order valence-corrected chi connectivity index (χ4v) is 7.39. The van der Waals surface area contributed by atoms with Crippen molar-refractivity contribution in [2.24, 2.45) is 11.8 Å². The first-order chi connectivity index (χ1) is 16.3. The smallest absolute Gasteiger partial charge is 0.275 e. The molecule has 0 bridgehead atoms. The number of amides is 1. The summed E-state index contributed by atoms with van der Waals surface area (Å²) in [5, 5.41) is 3.40. The molecule has 3 fully saturated rings. The zero-order valence-electron chi connectivity index (χ0n) is 19.9. The molecule has 184 valence electrons. The van der Waals surface area contributed by atoms with Gasteiger partial charge in [-0.15, -0.1) is 0 Å². The molecule has 5 rings (SSSR count). The first-order valence-corrected chi connectivity index (χ1v) is 13.3. The summed E-state index contributed by atoms with van der Waals surface area (Å²) in [6, 6.07) is 3.37. The minimum absolute atomic E-state index is 0.000356. The third-order valence-electron chi connectivity index (χ3n) is 7.21. The van der Waals surface area contributed by atoms with Crippen molar-refractivity contribution in [2.75, 3.05) is 33.3 Å². The maximum atomic E-state index is 13.7. The first kappa shape index (κ1) is 23.3. The van der Waals surface area contributed by atoms with E-state index in [4.69, 9.17) is 9.15 Å². The highest BCUT2D eigenvalue weighted by Gasteiger charge is 2.41. The van der Waals surface area contributed by atoms with Gasteiger partial charge in [0.05, 0.1) is 18.6 Å². The van der Waals surface area contributed by atoms with Crippen molar-refractivity contribution >= 4 is 15.9 Å². The molecule has 1 saturated carbocycles. The van der Waals surface area contributed by atoms with Gasteiger partial charge < -0.3 is 19.4 Å². The number of carbonyl (C=O) groups excluding carboxylic acids is 1. The number of carbonyl (C=O) groups is 1. The lowest BCUT2D eigenvalue weighted by Crippen LogP contribution is -2.35. The number of ether oxygens (including phenoxy) is 1. The number of hydrogen-bond donors (Lipinski definition) is 1. The van der Waals surface area contributed by atoms with Crippen molar-refractivity contribution in [3.8, 4) is 5.75 Å². The molecule has 2 saturated heterocycles. The zero-order valence-corrected chi connectivity index (χ0v) is 20.7. The van der Waals surface area contributed by atoms with E-state index >= 15 is 0 Å². The Bertz CT molecular complexity index is 1150. The minimum atomic E-state index is -3.79. The molecule has 1 amide bonds. The van der Waals surface area contributed by atoms with Crippen molar-refractivity contribution in [3.05, 3.63) is 41.1 Å². The number of aromatic nitrogens is 1. The molecule has 2 aromatic rings. The summed E-state index contributed by atoms with van der Waals surface area (Å²) in [5.74, 6) is 1.73. The normalized spacial score (nSPS) is 22.8. The van der Waals surface area contributed by atoms with Gasteiger partial charge in [0.2, 0.25) is 15.9 Å². The molecule has 1 aromatic heterocycles. The van der Waals surface area contributed by atoms with Crippen LogP contribution >= 0.6 is 0 Å². The van der Waals surface area contributed by atoms with Crippen LogP contribution in [0, 0.1) is 25.7 Å². The van der Waals surface area contributed by atoms with E-state index in [0.29, 0.717) is 28.7 Å². The topological polar surface area (TPSA) is 105 Å². The first-order valence-electron chi connectivity index (χ1n) is 11.9. The number of fused-ring (bicyclic) bond motifs is 1. The number of rotatable bonds is 7. The highest BCUT2D eigenvalue weighted by atomic mass is 32.2.